The number of allylic oxidation sites excluding steroid dienone is 7. The van der Waals surface area contributed by atoms with Crippen molar-refractivity contribution in [2.75, 3.05) is 4.90 Å². The minimum absolute atomic E-state index is 0.154. The molecule has 8 rings (SSSR count). The largest absolute Gasteiger partial charge is 0.504 e. The van der Waals surface area contributed by atoms with Gasteiger partial charge in [0.05, 0.1) is 0 Å². The number of hydrogen-bond acceptors (Lipinski definition) is 6. The fourth-order valence-electron chi connectivity index (χ4n) is 9.80. The summed E-state index contributed by atoms with van der Waals surface area (Å²) in [5.41, 5.74) is 17.8. The van der Waals surface area contributed by atoms with Crippen LogP contribution >= 0.6 is 0 Å². The van der Waals surface area contributed by atoms with E-state index in [1.807, 2.05) is 37.3 Å². The molecule has 0 aliphatic heterocycles. The van der Waals surface area contributed by atoms with Crippen LogP contribution in [0.25, 0.3) is 33.9 Å². The molecule has 6 aromatic carbocycles. The molecule has 0 amide bonds. The maximum absolute atomic E-state index is 11.0. The smallest absolute Gasteiger partial charge is 0.201 e. The van der Waals surface area contributed by atoms with Gasteiger partial charge in [0.1, 0.15) is 6.17 Å². The Morgan fingerprint density at radius 2 is 1.56 bits per heavy atom. The SMILES string of the molecule is C=Cc1c(O)c(O)c(O)c(CC)c1-c1cccc(N(c2ccccc2)c2ccc(-c3ccc(/C(CC)=N/C(NC(=C)C4=CC=CCC4)C4C=CC(c5ccccc5)=CC4)cc3CC)c(C)c2)c1C. The highest BCUT2D eigenvalue weighted by Gasteiger charge is 2.27. The molecule has 0 aromatic heterocycles. The zero-order valence-corrected chi connectivity index (χ0v) is 40.1. The second-order valence-corrected chi connectivity index (χ2v) is 17.7. The number of nitrogens with zero attached hydrogens (tertiary/aromatic N) is 2. The van der Waals surface area contributed by atoms with Crippen molar-refractivity contribution >= 4 is 34.4 Å². The van der Waals surface area contributed by atoms with Crippen LogP contribution in [0.4, 0.5) is 17.1 Å². The molecule has 2 unspecified atom stereocenters. The summed E-state index contributed by atoms with van der Waals surface area (Å²) in [4.78, 5) is 7.79. The number of rotatable bonds is 16. The number of anilines is 3. The molecule has 2 aliphatic rings. The fraction of sp³-hybridized carbons (Fsp3) is 0.210. The number of aliphatic imine (C=N–C) groups is 1. The van der Waals surface area contributed by atoms with E-state index in [0.29, 0.717) is 23.1 Å². The number of nitrogens with one attached hydrogen (secondary N) is 1. The summed E-state index contributed by atoms with van der Waals surface area (Å²) in [5, 5.41) is 36.4. The minimum Gasteiger partial charge on any atom is -0.504 e. The summed E-state index contributed by atoms with van der Waals surface area (Å²) in [6.45, 7) is 19.0. The Balaban J connectivity index is 1.14. The first-order valence-corrected chi connectivity index (χ1v) is 24.0. The van der Waals surface area contributed by atoms with Crippen molar-refractivity contribution in [3.8, 4) is 39.5 Å². The third kappa shape index (κ3) is 9.50. The summed E-state index contributed by atoms with van der Waals surface area (Å²) in [7, 11) is 0. The number of hydrogen-bond donors (Lipinski definition) is 4. The van der Waals surface area contributed by atoms with Crippen LogP contribution in [0.15, 0.2) is 181 Å². The van der Waals surface area contributed by atoms with Gasteiger partial charge in [0.2, 0.25) is 5.75 Å². The first-order valence-electron chi connectivity index (χ1n) is 24.0. The molecule has 4 N–H and O–H groups in total. The predicted octanol–water partition coefficient (Wildman–Crippen LogP) is 15.6. The van der Waals surface area contributed by atoms with E-state index in [9.17, 15) is 15.3 Å². The molecule has 0 bridgehead atoms. The van der Waals surface area contributed by atoms with Gasteiger partial charge in [-0.25, -0.2) is 0 Å². The van der Waals surface area contributed by atoms with Gasteiger partial charge in [-0.2, -0.15) is 0 Å². The first-order chi connectivity index (χ1) is 33.1. The van der Waals surface area contributed by atoms with Crippen LogP contribution in [0.3, 0.4) is 0 Å². The van der Waals surface area contributed by atoms with Gasteiger partial charge < -0.3 is 25.5 Å². The molecule has 0 saturated carbocycles. The Hall–Kier alpha value is -7.57. The number of phenols is 3. The minimum atomic E-state index is -0.534. The topological polar surface area (TPSA) is 88.3 Å². The summed E-state index contributed by atoms with van der Waals surface area (Å²) >= 11 is 0. The molecule has 6 heteroatoms. The van der Waals surface area contributed by atoms with Crippen molar-refractivity contribution in [2.45, 2.75) is 79.3 Å². The highest BCUT2D eigenvalue weighted by atomic mass is 16.3. The van der Waals surface area contributed by atoms with Crippen LogP contribution in [-0.2, 0) is 12.8 Å². The fourth-order valence-corrected chi connectivity index (χ4v) is 9.80. The molecule has 0 spiro atoms. The van der Waals surface area contributed by atoms with Crippen LogP contribution in [-0.4, -0.2) is 27.2 Å². The number of aryl methyl sites for hydroxylation is 2. The lowest BCUT2D eigenvalue weighted by molar-refractivity contribution is 0.365. The molecule has 0 fully saturated rings. The summed E-state index contributed by atoms with van der Waals surface area (Å²) in [6, 6.07) is 40.5. The van der Waals surface area contributed by atoms with E-state index >= 15 is 0 Å². The zero-order valence-electron chi connectivity index (χ0n) is 40.1. The van der Waals surface area contributed by atoms with E-state index in [1.54, 1.807) is 0 Å². The van der Waals surface area contributed by atoms with E-state index < -0.39 is 5.75 Å². The standard InChI is InChI=1S/C62H63N3O3/c1-8-43-39-48(56(11-4)64-62(63-42(7)44-22-15-12-16-23-44)47-32-30-46(31-33-47)45-24-17-13-18-25-45)34-36-55(43)53-37-35-50(38-40(53)5)65(49-26-19-14-20-27-49)57-29-21-28-54(41(57)6)58-51(9-2)59(66)61(68)60(67)52(58)10-3/h9,12-15,17-22,24-32,34-39,47,62-63,66-68H,2,7-8,10-11,16,23,33H2,1,3-6H3/b64-56+. The highest BCUT2D eigenvalue weighted by Crippen LogP contribution is 2.50. The molecule has 0 heterocycles. The van der Waals surface area contributed by atoms with Gasteiger partial charge in [0.15, 0.2) is 11.5 Å². The maximum atomic E-state index is 11.0. The molecule has 2 atom stereocenters. The van der Waals surface area contributed by atoms with Gasteiger partial charge in [-0.1, -0.05) is 155 Å². The third-order valence-corrected chi connectivity index (χ3v) is 13.5. The van der Waals surface area contributed by atoms with Gasteiger partial charge in [-0.3, -0.25) is 4.99 Å². The van der Waals surface area contributed by atoms with Crippen molar-refractivity contribution in [3.05, 3.63) is 215 Å². The first kappa shape index (κ1) is 46.9. The maximum Gasteiger partial charge on any atom is 0.201 e. The Kier molecular flexibility index (Phi) is 14.5. The summed E-state index contributed by atoms with van der Waals surface area (Å²) in [5.74, 6) is -1.09. The van der Waals surface area contributed by atoms with E-state index in [4.69, 9.17) is 4.99 Å². The Labute approximate surface area is 403 Å². The van der Waals surface area contributed by atoms with Gasteiger partial charge in [-0.15, -0.1) is 0 Å². The van der Waals surface area contributed by atoms with Crippen molar-refractivity contribution in [1.29, 1.82) is 0 Å². The van der Waals surface area contributed by atoms with Crippen molar-refractivity contribution < 1.29 is 15.3 Å². The van der Waals surface area contributed by atoms with E-state index in [1.165, 1.54) is 39.5 Å². The van der Waals surface area contributed by atoms with E-state index in [-0.39, 0.29) is 23.6 Å². The summed E-state index contributed by atoms with van der Waals surface area (Å²) in [6.07, 6.45) is 19.7. The second-order valence-electron chi connectivity index (χ2n) is 17.7. The van der Waals surface area contributed by atoms with Gasteiger partial charge in [0, 0.05) is 51.1 Å². The lowest BCUT2D eigenvalue weighted by Gasteiger charge is -2.29. The molecule has 2 aliphatic carbocycles. The third-order valence-electron chi connectivity index (χ3n) is 13.5. The Morgan fingerprint density at radius 1 is 0.809 bits per heavy atom. The molecule has 6 nitrogen and oxygen atoms in total. The van der Waals surface area contributed by atoms with Crippen LogP contribution < -0.4 is 10.2 Å². The van der Waals surface area contributed by atoms with Gasteiger partial charge in [0.25, 0.3) is 0 Å². The molecule has 68 heavy (non-hydrogen) atoms. The molecule has 344 valence electrons. The Bertz CT molecular complexity index is 3010. The average Bonchev–Trinajstić information content (AvgIpc) is 3.38. The number of phenolic OH excluding ortho intramolecular Hbond substituents is 3. The average molecular weight is 898 g/mol. The number of para-hydroxylation sites is 1. The number of benzene rings is 6. The van der Waals surface area contributed by atoms with E-state index in [2.05, 4.69) is 172 Å². The van der Waals surface area contributed by atoms with Crippen molar-refractivity contribution in [3.63, 3.8) is 0 Å². The molecular formula is C62H63N3O3. The van der Waals surface area contributed by atoms with Crippen molar-refractivity contribution in [1.82, 2.24) is 5.32 Å². The lowest BCUT2D eigenvalue weighted by atomic mass is 9.88. The zero-order chi connectivity index (χ0) is 47.9. The van der Waals surface area contributed by atoms with Crippen LogP contribution in [0, 0.1) is 19.8 Å². The lowest BCUT2D eigenvalue weighted by Crippen LogP contribution is -2.35. The molecular weight excluding hydrogens is 835 g/mol. The van der Waals surface area contributed by atoms with Crippen LogP contribution in [0.5, 0.6) is 17.2 Å². The molecule has 0 saturated heterocycles. The van der Waals surface area contributed by atoms with Gasteiger partial charge in [-0.05, 0) is 144 Å². The second kappa shape index (κ2) is 20.9. The highest BCUT2D eigenvalue weighted by molar-refractivity contribution is 6.01. The molecule has 0 radical (unpaired) electrons. The molecule has 6 aromatic rings. The van der Waals surface area contributed by atoms with Crippen molar-refractivity contribution in [2.24, 2.45) is 10.9 Å². The quantitative estimate of drug-likeness (QED) is 0.0574. The number of aromatic hydroxyl groups is 3. The summed E-state index contributed by atoms with van der Waals surface area (Å²) < 4.78 is 0. The normalized spacial score (nSPS) is 15.1. The van der Waals surface area contributed by atoms with Crippen LogP contribution in [0.2, 0.25) is 0 Å². The monoisotopic (exact) mass is 897 g/mol. The predicted molar refractivity (Wildman–Crippen MR) is 286 cm³/mol. The van der Waals surface area contributed by atoms with E-state index in [0.717, 1.165) is 82.8 Å². The van der Waals surface area contributed by atoms with Crippen LogP contribution in [0.1, 0.15) is 85.4 Å². The van der Waals surface area contributed by atoms with Gasteiger partial charge >= 0.3 is 0 Å². The Morgan fingerprint density at radius 3 is 2.21 bits per heavy atom.